The number of ether oxygens (including phenoxy) is 1. The van der Waals surface area contributed by atoms with E-state index in [4.69, 9.17) is 27.9 Å². The number of carbonyl (C=O) groups excluding carboxylic acids is 1. The minimum atomic E-state index is -1.01. The molecule has 11 heteroatoms. The molecule has 1 aromatic carbocycles. The molecule has 34 heavy (non-hydrogen) atoms. The molecule has 1 fully saturated rings. The number of benzene rings is 1. The van der Waals surface area contributed by atoms with Gasteiger partial charge in [0.15, 0.2) is 0 Å². The Morgan fingerprint density at radius 1 is 1.15 bits per heavy atom. The van der Waals surface area contributed by atoms with Crippen molar-refractivity contribution in [3.05, 3.63) is 77.5 Å². The van der Waals surface area contributed by atoms with Crippen LogP contribution in [0.1, 0.15) is 28.6 Å². The number of aliphatic hydroxyl groups is 1. The van der Waals surface area contributed by atoms with Crippen LogP contribution in [-0.2, 0) is 4.74 Å². The Labute approximate surface area is 202 Å². The van der Waals surface area contributed by atoms with E-state index in [-0.39, 0.29) is 23.7 Å². The molecule has 0 spiro atoms. The minimum Gasteiger partial charge on any atom is -0.389 e. The summed E-state index contributed by atoms with van der Waals surface area (Å²) in [4.78, 5) is 20.8. The summed E-state index contributed by atoms with van der Waals surface area (Å²) in [6, 6.07) is 6.68. The van der Waals surface area contributed by atoms with E-state index < -0.39 is 58.3 Å². The van der Waals surface area contributed by atoms with Gasteiger partial charge in [-0.1, -0.05) is 6.07 Å². The first-order valence-electron chi connectivity index (χ1n) is 10.2. The van der Waals surface area contributed by atoms with Gasteiger partial charge in [0.2, 0.25) is 0 Å². The number of rotatable bonds is 5. The first-order chi connectivity index (χ1) is 16.3. The summed E-state index contributed by atoms with van der Waals surface area (Å²) in [6.07, 6.45) is 0.855. The summed E-state index contributed by atoms with van der Waals surface area (Å²) in [7, 11) is 0. The number of halogens is 5. The number of hydrogen-bond acceptors (Lipinski definition) is 5. The van der Waals surface area contributed by atoms with Crippen LogP contribution in [0.15, 0.2) is 48.8 Å². The number of anilines is 1. The molecule has 3 heterocycles. The van der Waals surface area contributed by atoms with Gasteiger partial charge in [-0.15, -0.1) is 23.2 Å². The van der Waals surface area contributed by atoms with E-state index >= 15 is 0 Å². The highest BCUT2D eigenvalue weighted by Crippen LogP contribution is 2.37. The summed E-state index contributed by atoms with van der Waals surface area (Å²) in [5, 5.41) is 12.1. The zero-order valence-electron chi connectivity index (χ0n) is 17.4. The van der Waals surface area contributed by atoms with Gasteiger partial charge in [-0.25, -0.2) is 18.2 Å². The molecule has 1 aliphatic rings. The topological polar surface area (TPSA) is 84.3 Å². The number of hydrogen-bond donors (Lipinski definition) is 2. The molecular formula is C23H18Cl2F3N3O3. The molecule has 1 saturated heterocycles. The van der Waals surface area contributed by atoms with Crippen LogP contribution < -0.4 is 5.32 Å². The predicted octanol–water partition coefficient (Wildman–Crippen LogP) is 4.85. The van der Waals surface area contributed by atoms with E-state index in [2.05, 4.69) is 15.3 Å². The molecular weight excluding hydrogens is 494 g/mol. The van der Waals surface area contributed by atoms with Crippen LogP contribution >= 0.6 is 23.2 Å². The molecule has 1 aliphatic heterocycles. The fourth-order valence-corrected chi connectivity index (χ4v) is 4.28. The van der Waals surface area contributed by atoms with E-state index in [9.17, 15) is 23.1 Å². The third kappa shape index (κ3) is 4.88. The van der Waals surface area contributed by atoms with Crippen molar-refractivity contribution in [1.29, 1.82) is 0 Å². The number of aromatic nitrogens is 2. The van der Waals surface area contributed by atoms with Crippen LogP contribution in [0.4, 0.5) is 18.9 Å². The summed E-state index contributed by atoms with van der Waals surface area (Å²) >= 11 is 12.1. The van der Waals surface area contributed by atoms with Crippen LogP contribution in [-0.4, -0.2) is 44.4 Å². The second kappa shape index (κ2) is 10.3. The fourth-order valence-electron chi connectivity index (χ4n) is 3.70. The molecule has 0 aliphatic carbocycles. The molecule has 6 nitrogen and oxygen atoms in total. The standard InChI is InChI=1S/C23H18Cl2F3N3O3/c24-9-19-22(32)12(25)8-18(34-19)11-6-7-29-10-17(11)31-23(33)16-5-4-15(28)21(30-16)20-13(26)2-1-3-14(20)27/h1-7,10,12,18-19,22,32H,8-9H2,(H,31,33)/t12-,18+,19+,22?/m0/s1. The highest BCUT2D eigenvalue weighted by molar-refractivity contribution is 6.21. The van der Waals surface area contributed by atoms with Gasteiger partial charge in [-0.2, -0.15) is 0 Å². The Hall–Kier alpha value is -2.72. The van der Waals surface area contributed by atoms with Gasteiger partial charge < -0.3 is 15.2 Å². The maximum absolute atomic E-state index is 14.4. The maximum Gasteiger partial charge on any atom is 0.274 e. The lowest BCUT2D eigenvalue weighted by Gasteiger charge is -2.36. The van der Waals surface area contributed by atoms with Crippen molar-refractivity contribution in [3.8, 4) is 11.3 Å². The van der Waals surface area contributed by atoms with Crippen LogP contribution in [0.25, 0.3) is 11.3 Å². The Bertz CT molecular complexity index is 1200. The number of nitrogens with one attached hydrogen (secondary N) is 1. The number of nitrogens with zero attached hydrogens (tertiary/aromatic N) is 2. The number of alkyl halides is 2. The van der Waals surface area contributed by atoms with E-state index in [0.29, 0.717) is 5.56 Å². The summed E-state index contributed by atoms with van der Waals surface area (Å²) < 4.78 is 48.5. The normalized spacial score (nSPS) is 22.4. The second-order valence-corrected chi connectivity index (χ2v) is 8.47. The van der Waals surface area contributed by atoms with Gasteiger partial charge in [0.1, 0.15) is 28.8 Å². The maximum atomic E-state index is 14.4. The first-order valence-corrected chi connectivity index (χ1v) is 11.2. The third-order valence-corrected chi connectivity index (χ3v) is 6.15. The van der Waals surface area contributed by atoms with Gasteiger partial charge in [-0.3, -0.25) is 9.78 Å². The largest absolute Gasteiger partial charge is 0.389 e. The van der Waals surface area contributed by atoms with Gasteiger partial charge in [0.05, 0.1) is 47.0 Å². The zero-order chi connectivity index (χ0) is 24.4. The molecule has 0 bridgehead atoms. The minimum absolute atomic E-state index is 0.0164. The van der Waals surface area contributed by atoms with Gasteiger partial charge in [0, 0.05) is 11.8 Å². The summed E-state index contributed by atoms with van der Waals surface area (Å²) in [5.41, 5.74) is -0.794. The monoisotopic (exact) mass is 511 g/mol. The molecule has 1 amide bonds. The van der Waals surface area contributed by atoms with Gasteiger partial charge in [0.25, 0.3) is 5.91 Å². The van der Waals surface area contributed by atoms with Crippen LogP contribution in [0.3, 0.4) is 0 Å². The lowest BCUT2D eigenvalue weighted by atomic mass is 9.96. The van der Waals surface area contributed by atoms with E-state index in [1.807, 2.05) is 0 Å². The average molecular weight is 512 g/mol. The van der Waals surface area contributed by atoms with Crippen molar-refractivity contribution >= 4 is 34.8 Å². The fraction of sp³-hybridized carbons (Fsp3) is 0.261. The van der Waals surface area contributed by atoms with Crippen molar-refractivity contribution in [2.24, 2.45) is 0 Å². The predicted molar refractivity (Wildman–Crippen MR) is 120 cm³/mol. The highest BCUT2D eigenvalue weighted by Gasteiger charge is 2.37. The van der Waals surface area contributed by atoms with E-state index in [0.717, 1.165) is 30.3 Å². The zero-order valence-corrected chi connectivity index (χ0v) is 18.9. The van der Waals surface area contributed by atoms with E-state index in [1.54, 1.807) is 6.07 Å². The molecule has 178 valence electrons. The molecule has 0 saturated carbocycles. The number of carbonyl (C=O) groups is 1. The molecule has 2 N–H and O–H groups in total. The Kier molecular flexibility index (Phi) is 7.37. The van der Waals surface area contributed by atoms with Crippen molar-refractivity contribution in [2.75, 3.05) is 11.2 Å². The number of pyridine rings is 2. The number of amides is 1. The smallest absolute Gasteiger partial charge is 0.274 e. The average Bonchev–Trinajstić information content (AvgIpc) is 2.82. The molecule has 2 aromatic heterocycles. The van der Waals surface area contributed by atoms with Crippen LogP contribution in [0.5, 0.6) is 0 Å². The van der Waals surface area contributed by atoms with Gasteiger partial charge >= 0.3 is 0 Å². The van der Waals surface area contributed by atoms with Crippen molar-refractivity contribution in [3.63, 3.8) is 0 Å². The Morgan fingerprint density at radius 2 is 1.88 bits per heavy atom. The quantitative estimate of drug-likeness (QED) is 0.478. The van der Waals surface area contributed by atoms with E-state index in [1.165, 1.54) is 12.4 Å². The van der Waals surface area contributed by atoms with Crippen molar-refractivity contribution < 1.29 is 27.8 Å². The summed E-state index contributed by atoms with van der Waals surface area (Å²) in [5.74, 6) is -3.77. The SMILES string of the molecule is O=C(Nc1cnccc1[C@H]1C[C@H](Cl)C(O)[C@@H](CCl)O1)c1ccc(F)c(-c2c(F)cccc2F)n1. The summed E-state index contributed by atoms with van der Waals surface area (Å²) in [6.45, 7) is 0. The number of aliphatic hydroxyl groups excluding tert-OH is 1. The Morgan fingerprint density at radius 3 is 2.59 bits per heavy atom. The van der Waals surface area contributed by atoms with Crippen molar-refractivity contribution in [2.45, 2.75) is 30.1 Å². The highest BCUT2D eigenvalue weighted by atomic mass is 35.5. The molecule has 4 rings (SSSR count). The lowest BCUT2D eigenvalue weighted by Crippen LogP contribution is -2.44. The van der Waals surface area contributed by atoms with Gasteiger partial charge in [-0.05, 0) is 36.8 Å². The van der Waals surface area contributed by atoms with Crippen molar-refractivity contribution in [1.82, 2.24) is 9.97 Å². The molecule has 4 atom stereocenters. The Balaban J connectivity index is 1.63. The third-order valence-electron chi connectivity index (χ3n) is 5.41. The lowest BCUT2D eigenvalue weighted by molar-refractivity contribution is -0.105. The first kappa shape index (κ1) is 24.4. The van der Waals surface area contributed by atoms with Crippen LogP contribution in [0, 0.1) is 17.5 Å². The molecule has 1 unspecified atom stereocenters. The molecule has 3 aromatic rings. The second-order valence-electron chi connectivity index (χ2n) is 7.60. The van der Waals surface area contributed by atoms with Crippen LogP contribution in [0.2, 0.25) is 0 Å². The molecule has 0 radical (unpaired) electrons.